The van der Waals surface area contributed by atoms with Gasteiger partial charge in [-0.1, -0.05) is 12.2 Å². The number of hydrogen-bond acceptors (Lipinski definition) is 3. The average molecular weight is 283 g/mol. The summed E-state index contributed by atoms with van der Waals surface area (Å²) in [5.41, 5.74) is 0. The summed E-state index contributed by atoms with van der Waals surface area (Å²) in [5.74, 6) is 0.0299. The summed E-state index contributed by atoms with van der Waals surface area (Å²) < 4.78 is 4.70. The molecule has 0 saturated carbocycles. The molecular formula is C9H13BrClNO2. The van der Waals surface area contributed by atoms with Crippen LogP contribution in [0.15, 0.2) is 12.2 Å². The predicted molar refractivity (Wildman–Crippen MR) is 60.0 cm³/mol. The molecule has 0 amide bonds. The van der Waals surface area contributed by atoms with E-state index in [-0.39, 0.29) is 29.0 Å². The highest BCUT2D eigenvalue weighted by molar-refractivity contribution is 8.93. The van der Waals surface area contributed by atoms with Crippen LogP contribution in [-0.2, 0) is 9.53 Å². The molecule has 3 aliphatic rings. The van der Waals surface area contributed by atoms with E-state index in [1.165, 1.54) is 7.11 Å². The molecule has 3 unspecified atom stereocenters. The Bertz CT molecular complexity index is 272. The zero-order valence-corrected chi connectivity index (χ0v) is 10.3. The second-order valence-electron chi connectivity index (χ2n) is 3.59. The van der Waals surface area contributed by atoms with E-state index < -0.39 is 4.87 Å². The molecule has 3 atom stereocenters. The monoisotopic (exact) mass is 281 g/mol. The van der Waals surface area contributed by atoms with Gasteiger partial charge in [0.25, 0.3) is 0 Å². The van der Waals surface area contributed by atoms with E-state index in [4.69, 9.17) is 16.3 Å². The first-order chi connectivity index (χ1) is 6.16. The molecule has 3 nitrogen and oxygen atoms in total. The Hall–Kier alpha value is -0.0600. The number of hydrogen-bond donors (Lipinski definition) is 1. The van der Waals surface area contributed by atoms with Crippen LogP contribution in [0.5, 0.6) is 0 Å². The molecule has 0 aromatic rings. The SMILES string of the molecule is Br.COC(=O)C1(Cl)CC2C=CC1NC2. The molecule has 0 aromatic carbocycles. The summed E-state index contributed by atoms with van der Waals surface area (Å²) in [5, 5.41) is 3.20. The van der Waals surface area contributed by atoms with Crippen molar-refractivity contribution in [3.63, 3.8) is 0 Å². The van der Waals surface area contributed by atoms with Gasteiger partial charge >= 0.3 is 5.97 Å². The van der Waals surface area contributed by atoms with Gasteiger partial charge in [0.2, 0.25) is 0 Å². The first-order valence-electron chi connectivity index (χ1n) is 4.36. The van der Waals surface area contributed by atoms with E-state index in [0.717, 1.165) is 6.54 Å². The molecule has 0 spiro atoms. The summed E-state index contributed by atoms with van der Waals surface area (Å²) >= 11 is 6.23. The van der Waals surface area contributed by atoms with E-state index in [0.29, 0.717) is 12.3 Å². The van der Waals surface area contributed by atoms with Gasteiger partial charge < -0.3 is 10.1 Å². The molecule has 14 heavy (non-hydrogen) atoms. The lowest BCUT2D eigenvalue weighted by molar-refractivity contribution is -0.145. The quantitative estimate of drug-likeness (QED) is 0.447. The number of carbonyl (C=O) groups excluding carboxylic acids is 1. The van der Waals surface area contributed by atoms with Gasteiger partial charge in [-0.2, -0.15) is 0 Å². The fraction of sp³-hybridized carbons (Fsp3) is 0.667. The van der Waals surface area contributed by atoms with Gasteiger partial charge in [0.05, 0.1) is 13.2 Å². The van der Waals surface area contributed by atoms with E-state index >= 15 is 0 Å². The molecule has 80 valence electrons. The number of fused-ring (bicyclic) bond motifs is 2. The maximum atomic E-state index is 11.5. The minimum absolute atomic E-state index is 0. The van der Waals surface area contributed by atoms with Gasteiger partial charge in [-0.15, -0.1) is 28.6 Å². The Labute approximate surface area is 98.6 Å². The van der Waals surface area contributed by atoms with Crippen molar-refractivity contribution in [1.82, 2.24) is 5.32 Å². The summed E-state index contributed by atoms with van der Waals surface area (Å²) in [6.07, 6.45) is 4.75. The van der Waals surface area contributed by atoms with Crippen molar-refractivity contribution in [2.45, 2.75) is 17.3 Å². The first-order valence-corrected chi connectivity index (χ1v) is 4.73. The third-order valence-electron chi connectivity index (χ3n) is 2.75. The van der Waals surface area contributed by atoms with Gasteiger partial charge in [-0.25, -0.2) is 0 Å². The number of piperidine rings is 1. The molecule has 1 aliphatic carbocycles. The number of carbonyl (C=O) groups is 1. The van der Waals surface area contributed by atoms with E-state index in [2.05, 4.69) is 11.4 Å². The summed E-state index contributed by atoms with van der Waals surface area (Å²) in [6, 6.07) is -0.0772. The van der Waals surface area contributed by atoms with Crippen LogP contribution >= 0.6 is 28.6 Å². The maximum absolute atomic E-state index is 11.5. The van der Waals surface area contributed by atoms with Crippen molar-refractivity contribution in [3.8, 4) is 0 Å². The van der Waals surface area contributed by atoms with E-state index in [1.807, 2.05) is 6.08 Å². The van der Waals surface area contributed by atoms with Crippen LogP contribution in [0, 0.1) is 5.92 Å². The molecule has 3 rings (SSSR count). The maximum Gasteiger partial charge on any atom is 0.328 e. The summed E-state index contributed by atoms with van der Waals surface area (Å²) in [7, 11) is 1.37. The van der Waals surface area contributed by atoms with Crippen LogP contribution in [0.2, 0.25) is 0 Å². The lowest BCUT2D eigenvalue weighted by atomic mass is 9.78. The third kappa shape index (κ3) is 1.71. The fourth-order valence-electron chi connectivity index (χ4n) is 2.03. The van der Waals surface area contributed by atoms with Crippen molar-refractivity contribution in [1.29, 1.82) is 0 Å². The molecule has 0 radical (unpaired) electrons. The molecule has 0 aromatic heterocycles. The van der Waals surface area contributed by atoms with E-state index in [9.17, 15) is 4.79 Å². The Morgan fingerprint density at radius 3 is 2.71 bits per heavy atom. The molecule has 2 aliphatic heterocycles. The van der Waals surface area contributed by atoms with Gasteiger partial charge in [-0.3, -0.25) is 4.79 Å². The van der Waals surface area contributed by atoms with Gasteiger partial charge in [0.15, 0.2) is 4.87 Å². The summed E-state index contributed by atoms with van der Waals surface area (Å²) in [6.45, 7) is 0.909. The van der Waals surface area contributed by atoms with Crippen molar-refractivity contribution in [2.24, 2.45) is 5.92 Å². The average Bonchev–Trinajstić information content (AvgIpc) is 2.18. The molecule has 1 saturated heterocycles. The third-order valence-corrected chi connectivity index (χ3v) is 3.30. The molecule has 5 heteroatoms. The summed E-state index contributed by atoms with van der Waals surface area (Å²) in [4.78, 5) is 10.6. The highest BCUT2D eigenvalue weighted by Crippen LogP contribution is 2.38. The minimum atomic E-state index is -0.883. The molecule has 2 heterocycles. The van der Waals surface area contributed by atoms with Gasteiger partial charge in [0, 0.05) is 6.54 Å². The number of rotatable bonds is 1. The molecule has 1 fully saturated rings. The van der Waals surface area contributed by atoms with Gasteiger partial charge in [-0.05, 0) is 12.3 Å². The topological polar surface area (TPSA) is 38.3 Å². The highest BCUT2D eigenvalue weighted by Gasteiger charge is 2.50. The van der Waals surface area contributed by atoms with E-state index in [1.54, 1.807) is 0 Å². The smallest absolute Gasteiger partial charge is 0.328 e. The second kappa shape index (κ2) is 4.21. The van der Waals surface area contributed by atoms with Crippen LogP contribution < -0.4 is 5.32 Å². The highest BCUT2D eigenvalue weighted by atomic mass is 79.9. The lowest BCUT2D eigenvalue weighted by Gasteiger charge is -2.42. The van der Waals surface area contributed by atoms with Crippen molar-refractivity contribution in [3.05, 3.63) is 12.2 Å². The second-order valence-corrected chi connectivity index (χ2v) is 4.26. The minimum Gasteiger partial charge on any atom is -0.468 e. The standard InChI is InChI=1S/C9H12ClNO2.BrH/c1-13-8(12)9(10)4-6-2-3-7(9)11-5-6;/h2-3,6-7,11H,4-5H2,1H3;1H. The van der Waals surface area contributed by atoms with Crippen molar-refractivity contribution >= 4 is 34.6 Å². The Morgan fingerprint density at radius 1 is 1.64 bits per heavy atom. The number of esters is 1. The zero-order chi connectivity index (χ0) is 9.47. The van der Waals surface area contributed by atoms with Crippen LogP contribution in [0.3, 0.4) is 0 Å². The number of ether oxygens (including phenoxy) is 1. The largest absolute Gasteiger partial charge is 0.468 e. The molecular weight excluding hydrogens is 269 g/mol. The van der Waals surface area contributed by atoms with Gasteiger partial charge in [0.1, 0.15) is 0 Å². The van der Waals surface area contributed by atoms with Crippen LogP contribution in [0.4, 0.5) is 0 Å². The van der Waals surface area contributed by atoms with Crippen molar-refractivity contribution < 1.29 is 9.53 Å². The Morgan fingerprint density at radius 2 is 2.36 bits per heavy atom. The normalized spacial score (nSPS) is 39.0. The zero-order valence-electron chi connectivity index (χ0n) is 7.83. The predicted octanol–water partition coefficient (Wildman–Crippen LogP) is 1.26. The molecule has 1 N–H and O–H groups in total. The van der Waals surface area contributed by atoms with Crippen LogP contribution in [0.1, 0.15) is 6.42 Å². The first kappa shape index (κ1) is 12.0. The Balaban J connectivity index is 0.000000980. The number of methoxy groups -OCH3 is 1. The number of alkyl halides is 1. The number of nitrogens with one attached hydrogen (secondary N) is 1. The lowest BCUT2D eigenvalue weighted by Crippen LogP contribution is -2.60. The Kier molecular flexibility index (Phi) is 3.61. The fourth-order valence-corrected chi connectivity index (χ4v) is 2.45. The molecule has 2 bridgehead atoms. The van der Waals surface area contributed by atoms with Crippen molar-refractivity contribution in [2.75, 3.05) is 13.7 Å². The number of halogens is 2. The van der Waals surface area contributed by atoms with Crippen LogP contribution in [-0.4, -0.2) is 30.5 Å². The van der Waals surface area contributed by atoms with Crippen LogP contribution in [0.25, 0.3) is 0 Å².